The van der Waals surface area contributed by atoms with Gasteiger partial charge in [-0.3, -0.25) is 0 Å². The number of nitrogens with zero attached hydrogens (tertiary/aromatic N) is 4. The molecule has 1 N–H and O–H groups in total. The predicted molar refractivity (Wildman–Crippen MR) is 85.6 cm³/mol. The van der Waals surface area contributed by atoms with E-state index >= 15 is 0 Å². The molecule has 0 fully saturated rings. The molecule has 1 aromatic heterocycles. The Labute approximate surface area is 135 Å². The van der Waals surface area contributed by atoms with E-state index in [9.17, 15) is 0 Å². The van der Waals surface area contributed by atoms with E-state index in [1.807, 2.05) is 48.5 Å². The fourth-order valence-corrected chi connectivity index (χ4v) is 2.72. The van der Waals surface area contributed by atoms with Crippen LogP contribution in [0.2, 0.25) is 5.02 Å². The molecule has 7 heteroatoms. The molecule has 0 bridgehead atoms. The Hall–Kier alpha value is -1.92. The first-order valence-corrected chi connectivity index (χ1v) is 7.43. The summed E-state index contributed by atoms with van der Waals surface area (Å²) >= 11 is 9.40. The molecule has 0 spiro atoms. The molecule has 3 rings (SSSR count). The molecule has 0 unspecified atom stereocenters. The molecule has 0 atom stereocenters. The third kappa shape index (κ3) is 3.22. The highest BCUT2D eigenvalue weighted by Crippen LogP contribution is 2.26. The van der Waals surface area contributed by atoms with Crippen molar-refractivity contribution < 1.29 is 0 Å². The molecule has 21 heavy (non-hydrogen) atoms. The van der Waals surface area contributed by atoms with Gasteiger partial charge in [0.15, 0.2) is 5.82 Å². The van der Waals surface area contributed by atoms with Crippen LogP contribution in [0.25, 0.3) is 5.69 Å². The van der Waals surface area contributed by atoms with Crippen LogP contribution in [0.4, 0.5) is 5.69 Å². The van der Waals surface area contributed by atoms with Crippen LogP contribution in [0.5, 0.6) is 0 Å². The zero-order valence-corrected chi connectivity index (χ0v) is 13.2. The first kappa shape index (κ1) is 14.0. The normalized spacial score (nSPS) is 10.6. The highest BCUT2D eigenvalue weighted by molar-refractivity contribution is 9.10. The van der Waals surface area contributed by atoms with E-state index in [1.165, 1.54) is 0 Å². The van der Waals surface area contributed by atoms with Crippen molar-refractivity contribution in [2.24, 2.45) is 0 Å². The number of rotatable bonds is 4. The minimum Gasteiger partial charge on any atom is -0.377 e. The maximum atomic E-state index is 5.93. The van der Waals surface area contributed by atoms with Crippen molar-refractivity contribution in [1.82, 2.24) is 20.2 Å². The van der Waals surface area contributed by atoms with Crippen LogP contribution in [0.3, 0.4) is 0 Å². The van der Waals surface area contributed by atoms with E-state index in [4.69, 9.17) is 11.6 Å². The summed E-state index contributed by atoms with van der Waals surface area (Å²) in [7, 11) is 0. The minimum absolute atomic E-state index is 0.502. The number of anilines is 1. The van der Waals surface area contributed by atoms with Crippen LogP contribution in [0, 0.1) is 0 Å². The Morgan fingerprint density at radius 3 is 2.71 bits per heavy atom. The van der Waals surface area contributed by atoms with Crippen molar-refractivity contribution in [2.75, 3.05) is 5.32 Å². The summed E-state index contributed by atoms with van der Waals surface area (Å²) in [6.07, 6.45) is 0. The van der Waals surface area contributed by atoms with Crippen LogP contribution < -0.4 is 5.32 Å². The molecule has 2 aromatic carbocycles. The van der Waals surface area contributed by atoms with E-state index in [2.05, 4.69) is 36.8 Å². The number of tetrazole rings is 1. The Kier molecular flexibility index (Phi) is 4.17. The Morgan fingerprint density at radius 1 is 1.14 bits per heavy atom. The van der Waals surface area contributed by atoms with Gasteiger partial charge in [0.2, 0.25) is 0 Å². The van der Waals surface area contributed by atoms with Crippen molar-refractivity contribution in [3.05, 3.63) is 63.9 Å². The lowest BCUT2D eigenvalue weighted by Gasteiger charge is -2.09. The Bertz CT molecular complexity index is 744. The third-order valence-electron chi connectivity index (χ3n) is 2.90. The van der Waals surface area contributed by atoms with Crippen molar-refractivity contribution in [2.45, 2.75) is 6.54 Å². The molecule has 106 valence electrons. The van der Waals surface area contributed by atoms with Gasteiger partial charge >= 0.3 is 0 Å². The van der Waals surface area contributed by atoms with E-state index < -0.39 is 0 Å². The van der Waals surface area contributed by atoms with Crippen LogP contribution in [0.15, 0.2) is 53.0 Å². The highest BCUT2D eigenvalue weighted by atomic mass is 79.9. The lowest BCUT2D eigenvalue weighted by Crippen LogP contribution is -2.08. The fourth-order valence-electron chi connectivity index (χ4n) is 1.89. The largest absolute Gasteiger partial charge is 0.377 e. The summed E-state index contributed by atoms with van der Waals surface area (Å²) in [6, 6.07) is 15.3. The first-order valence-electron chi connectivity index (χ1n) is 6.25. The lowest BCUT2D eigenvalue weighted by atomic mass is 10.3. The van der Waals surface area contributed by atoms with E-state index in [0.29, 0.717) is 11.6 Å². The third-order valence-corrected chi connectivity index (χ3v) is 3.79. The van der Waals surface area contributed by atoms with Crippen LogP contribution >= 0.6 is 27.5 Å². The Morgan fingerprint density at radius 2 is 1.95 bits per heavy atom. The highest BCUT2D eigenvalue weighted by Gasteiger charge is 2.08. The summed E-state index contributed by atoms with van der Waals surface area (Å²) < 4.78 is 2.60. The molecule has 0 aliphatic heterocycles. The number of aromatic nitrogens is 4. The number of para-hydroxylation sites is 1. The van der Waals surface area contributed by atoms with Crippen molar-refractivity contribution >= 4 is 33.2 Å². The van der Waals surface area contributed by atoms with Gasteiger partial charge < -0.3 is 5.32 Å². The second kappa shape index (κ2) is 6.24. The van der Waals surface area contributed by atoms with Crippen molar-refractivity contribution in [1.29, 1.82) is 0 Å². The van der Waals surface area contributed by atoms with Crippen molar-refractivity contribution in [3.63, 3.8) is 0 Å². The zero-order chi connectivity index (χ0) is 14.7. The second-order valence-electron chi connectivity index (χ2n) is 4.32. The molecule has 0 saturated carbocycles. The number of hydrogen-bond donors (Lipinski definition) is 1. The molecule has 0 amide bonds. The first-order chi connectivity index (χ1) is 10.2. The van der Waals surface area contributed by atoms with E-state index in [1.54, 1.807) is 4.68 Å². The van der Waals surface area contributed by atoms with Crippen LogP contribution in [-0.2, 0) is 6.54 Å². The maximum absolute atomic E-state index is 5.93. The van der Waals surface area contributed by atoms with Gasteiger partial charge in [-0.15, -0.1) is 5.10 Å². The topological polar surface area (TPSA) is 55.6 Å². The average molecular weight is 365 g/mol. The van der Waals surface area contributed by atoms with Gasteiger partial charge in [-0.05, 0) is 56.7 Å². The van der Waals surface area contributed by atoms with Crippen molar-refractivity contribution in [3.8, 4) is 5.69 Å². The smallest absolute Gasteiger partial charge is 0.175 e. The number of halogens is 2. The van der Waals surface area contributed by atoms with Gasteiger partial charge in [-0.1, -0.05) is 29.8 Å². The van der Waals surface area contributed by atoms with Crippen LogP contribution in [0.1, 0.15) is 5.82 Å². The SMILES string of the molecule is Clc1ccc(NCc2nnnn2-c2ccccc2)c(Br)c1. The summed E-state index contributed by atoms with van der Waals surface area (Å²) in [6.45, 7) is 0.502. The maximum Gasteiger partial charge on any atom is 0.175 e. The van der Waals surface area contributed by atoms with Gasteiger partial charge in [-0.25, -0.2) is 0 Å². The number of nitrogens with one attached hydrogen (secondary N) is 1. The summed E-state index contributed by atoms with van der Waals surface area (Å²) in [5.41, 5.74) is 1.86. The molecule has 0 aliphatic carbocycles. The second-order valence-corrected chi connectivity index (χ2v) is 5.61. The molecular formula is C14H11BrClN5. The van der Waals surface area contributed by atoms with Gasteiger partial charge in [0.05, 0.1) is 12.2 Å². The van der Waals surface area contributed by atoms with Gasteiger partial charge in [0.25, 0.3) is 0 Å². The summed E-state index contributed by atoms with van der Waals surface area (Å²) in [5.74, 6) is 0.725. The quantitative estimate of drug-likeness (QED) is 0.767. The molecule has 1 heterocycles. The number of hydrogen-bond acceptors (Lipinski definition) is 4. The fraction of sp³-hybridized carbons (Fsp3) is 0.0714. The minimum atomic E-state index is 0.502. The van der Waals surface area contributed by atoms with Crippen LogP contribution in [-0.4, -0.2) is 20.2 Å². The molecule has 0 saturated heterocycles. The predicted octanol–water partition coefficient (Wildman–Crippen LogP) is 3.69. The zero-order valence-electron chi connectivity index (χ0n) is 10.9. The Balaban J connectivity index is 1.79. The lowest BCUT2D eigenvalue weighted by molar-refractivity contribution is 0.768. The van der Waals surface area contributed by atoms with Gasteiger partial charge in [0, 0.05) is 15.2 Å². The summed E-state index contributed by atoms with van der Waals surface area (Å²) in [4.78, 5) is 0. The molecule has 3 aromatic rings. The number of benzene rings is 2. The molecular weight excluding hydrogens is 354 g/mol. The average Bonchev–Trinajstić information content (AvgIpc) is 2.96. The van der Waals surface area contributed by atoms with E-state index in [-0.39, 0.29) is 0 Å². The monoisotopic (exact) mass is 363 g/mol. The molecule has 0 aliphatic rings. The van der Waals surface area contributed by atoms with Gasteiger partial charge in [-0.2, -0.15) is 4.68 Å². The molecule has 5 nitrogen and oxygen atoms in total. The summed E-state index contributed by atoms with van der Waals surface area (Å²) in [5, 5.41) is 15.8. The van der Waals surface area contributed by atoms with Gasteiger partial charge in [0.1, 0.15) is 0 Å². The standard InChI is InChI=1S/C14H11BrClN5/c15-12-8-10(16)6-7-13(12)17-9-14-18-19-20-21(14)11-4-2-1-3-5-11/h1-8,17H,9H2. The van der Waals surface area contributed by atoms with E-state index in [0.717, 1.165) is 21.7 Å². The molecule has 0 radical (unpaired) electrons.